The molecule has 25 heavy (non-hydrogen) atoms. The van der Waals surface area contributed by atoms with Crippen LogP contribution in [0.5, 0.6) is 0 Å². The maximum absolute atomic E-state index is 14.1. The van der Waals surface area contributed by atoms with Gasteiger partial charge in [-0.05, 0) is 19.1 Å². The smallest absolute Gasteiger partial charge is 0.157 e. The number of halogens is 1. The third-order valence-electron chi connectivity index (χ3n) is 3.99. The number of hydrogen-bond donors (Lipinski definition) is 1. The fraction of sp³-hybridized carbons (Fsp3) is 0.167. The van der Waals surface area contributed by atoms with Crippen molar-refractivity contribution in [2.24, 2.45) is 0 Å². The number of rotatable bonds is 5. The summed E-state index contributed by atoms with van der Waals surface area (Å²) < 4.78 is 17.7. The lowest BCUT2D eigenvalue weighted by Crippen LogP contribution is -2.06. The van der Waals surface area contributed by atoms with Gasteiger partial charge in [-0.15, -0.1) is 0 Å². The topological polar surface area (TPSA) is 60.0 Å². The van der Waals surface area contributed by atoms with Gasteiger partial charge in [-0.25, -0.2) is 9.37 Å². The first-order valence-corrected chi connectivity index (χ1v) is 8.09. The van der Waals surface area contributed by atoms with Crippen molar-refractivity contribution in [1.29, 1.82) is 0 Å². The van der Waals surface area contributed by atoms with E-state index in [4.69, 9.17) is 0 Å². The molecule has 3 heterocycles. The van der Waals surface area contributed by atoms with Gasteiger partial charge in [0, 0.05) is 42.5 Å². The van der Waals surface area contributed by atoms with Crippen LogP contribution >= 0.6 is 0 Å². The molecule has 0 aliphatic rings. The quantitative estimate of drug-likeness (QED) is 0.607. The molecule has 0 aliphatic carbocycles. The van der Waals surface area contributed by atoms with Crippen molar-refractivity contribution in [3.8, 4) is 11.3 Å². The Bertz CT molecular complexity index is 1020. The average molecular weight is 336 g/mol. The molecule has 3 aromatic heterocycles. The minimum absolute atomic E-state index is 0.297. The molecule has 0 aliphatic heterocycles. The van der Waals surface area contributed by atoms with Crippen LogP contribution in [0.1, 0.15) is 12.5 Å². The third kappa shape index (κ3) is 2.96. The number of aromatic nitrogens is 5. The molecule has 0 saturated heterocycles. The van der Waals surface area contributed by atoms with E-state index < -0.39 is 0 Å². The van der Waals surface area contributed by atoms with Gasteiger partial charge in [-0.3, -0.25) is 4.68 Å². The molecule has 126 valence electrons. The van der Waals surface area contributed by atoms with Crippen molar-refractivity contribution in [1.82, 2.24) is 24.4 Å². The summed E-state index contributed by atoms with van der Waals surface area (Å²) in [6, 6.07) is 10.2. The maximum atomic E-state index is 14.1. The molecular weight excluding hydrogens is 319 g/mol. The molecule has 7 heteroatoms. The number of nitrogens with zero attached hydrogens (tertiary/aromatic N) is 5. The van der Waals surface area contributed by atoms with Crippen LogP contribution in [0.25, 0.3) is 16.9 Å². The van der Waals surface area contributed by atoms with E-state index in [9.17, 15) is 4.39 Å². The summed E-state index contributed by atoms with van der Waals surface area (Å²) in [5.41, 5.74) is 2.75. The molecule has 0 amide bonds. The van der Waals surface area contributed by atoms with E-state index in [-0.39, 0.29) is 5.82 Å². The molecule has 0 bridgehead atoms. The number of hydrogen-bond acceptors (Lipinski definition) is 4. The molecular formula is C18H17FN6. The molecule has 0 unspecified atom stereocenters. The molecule has 4 rings (SSSR count). The van der Waals surface area contributed by atoms with Gasteiger partial charge in [0.2, 0.25) is 0 Å². The summed E-state index contributed by atoms with van der Waals surface area (Å²) in [5.74, 6) is 0.450. The Hall–Kier alpha value is -3.22. The number of aryl methyl sites for hydroxylation is 1. The maximum Gasteiger partial charge on any atom is 0.157 e. The Morgan fingerprint density at radius 2 is 2.04 bits per heavy atom. The first kappa shape index (κ1) is 15.3. The Kier molecular flexibility index (Phi) is 3.89. The van der Waals surface area contributed by atoms with E-state index in [1.165, 1.54) is 6.07 Å². The molecule has 6 nitrogen and oxygen atoms in total. The summed E-state index contributed by atoms with van der Waals surface area (Å²) in [6.45, 7) is 3.47. The number of fused-ring (bicyclic) bond motifs is 1. The highest BCUT2D eigenvalue weighted by atomic mass is 19.1. The molecule has 0 atom stereocenters. The van der Waals surface area contributed by atoms with Crippen molar-refractivity contribution in [3.05, 3.63) is 66.4 Å². The summed E-state index contributed by atoms with van der Waals surface area (Å²) in [5, 5.41) is 11.9. The number of benzene rings is 1. The minimum atomic E-state index is -0.297. The second-order valence-electron chi connectivity index (χ2n) is 5.67. The summed E-state index contributed by atoms with van der Waals surface area (Å²) in [7, 11) is 0. The fourth-order valence-electron chi connectivity index (χ4n) is 2.71. The van der Waals surface area contributed by atoms with Crippen LogP contribution in [0.2, 0.25) is 0 Å². The average Bonchev–Trinajstić information content (AvgIpc) is 3.29. The summed E-state index contributed by atoms with van der Waals surface area (Å²) >= 11 is 0. The zero-order chi connectivity index (χ0) is 17.2. The Balaban J connectivity index is 1.70. The zero-order valence-electron chi connectivity index (χ0n) is 13.7. The van der Waals surface area contributed by atoms with E-state index >= 15 is 0 Å². The van der Waals surface area contributed by atoms with Crippen LogP contribution in [0.15, 0.2) is 55.0 Å². The minimum Gasteiger partial charge on any atom is -0.366 e. The first-order valence-electron chi connectivity index (χ1n) is 8.09. The van der Waals surface area contributed by atoms with Crippen LogP contribution in [0.4, 0.5) is 10.2 Å². The van der Waals surface area contributed by atoms with E-state index in [1.807, 2.05) is 30.1 Å². The SMILES string of the molecule is CCn1cc(CNc2cc(-c3ccccc3F)nc3ccnn23)cn1. The zero-order valence-corrected chi connectivity index (χ0v) is 13.7. The molecule has 0 fully saturated rings. The van der Waals surface area contributed by atoms with Gasteiger partial charge in [0.05, 0.1) is 18.1 Å². The monoisotopic (exact) mass is 336 g/mol. The van der Waals surface area contributed by atoms with Crippen LogP contribution in [0.3, 0.4) is 0 Å². The van der Waals surface area contributed by atoms with Crippen molar-refractivity contribution in [2.45, 2.75) is 20.0 Å². The second-order valence-corrected chi connectivity index (χ2v) is 5.67. The van der Waals surface area contributed by atoms with Gasteiger partial charge in [-0.2, -0.15) is 14.7 Å². The molecule has 0 spiro atoms. The number of anilines is 1. The largest absolute Gasteiger partial charge is 0.366 e. The predicted molar refractivity (Wildman–Crippen MR) is 93.6 cm³/mol. The van der Waals surface area contributed by atoms with E-state index in [2.05, 4.69) is 20.5 Å². The van der Waals surface area contributed by atoms with Crippen molar-refractivity contribution in [3.63, 3.8) is 0 Å². The molecule has 4 aromatic rings. The van der Waals surface area contributed by atoms with Crippen molar-refractivity contribution >= 4 is 11.5 Å². The van der Waals surface area contributed by atoms with Crippen LogP contribution < -0.4 is 5.32 Å². The number of nitrogens with one attached hydrogen (secondary N) is 1. The highest BCUT2D eigenvalue weighted by Crippen LogP contribution is 2.24. The summed E-state index contributed by atoms with van der Waals surface area (Å²) in [6.07, 6.45) is 5.50. The highest BCUT2D eigenvalue weighted by Gasteiger charge is 2.11. The standard InChI is InChI=1S/C18H17FN6/c1-2-24-12-13(11-22-24)10-20-18-9-16(14-5-3-4-6-15(14)19)23-17-7-8-21-25(17)18/h3-9,11-12,20H,2,10H2,1H3. The Morgan fingerprint density at radius 3 is 2.84 bits per heavy atom. The third-order valence-corrected chi connectivity index (χ3v) is 3.99. The first-order chi connectivity index (χ1) is 12.2. The van der Waals surface area contributed by atoms with Gasteiger partial charge in [0.1, 0.15) is 11.6 Å². The van der Waals surface area contributed by atoms with E-state index in [0.717, 1.165) is 17.9 Å². The molecule has 1 aromatic carbocycles. The van der Waals surface area contributed by atoms with E-state index in [1.54, 1.807) is 35.0 Å². The van der Waals surface area contributed by atoms with E-state index in [0.29, 0.717) is 23.4 Å². The highest BCUT2D eigenvalue weighted by molar-refractivity contribution is 5.66. The van der Waals surface area contributed by atoms with Crippen molar-refractivity contribution < 1.29 is 4.39 Å². The van der Waals surface area contributed by atoms with Crippen molar-refractivity contribution in [2.75, 3.05) is 5.32 Å². The molecule has 1 N–H and O–H groups in total. The predicted octanol–water partition coefficient (Wildman–Crippen LogP) is 3.36. The van der Waals surface area contributed by atoms with Gasteiger partial charge < -0.3 is 5.32 Å². The van der Waals surface area contributed by atoms with Crippen LogP contribution in [-0.2, 0) is 13.1 Å². The van der Waals surface area contributed by atoms with Gasteiger partial charge in [0.15, 0.2) is 5.65 Å². The van der Waals surface area contributed by atoms with Gasteiger partial charge in [0.25, 0.3) is 0 Å². The lowest BCUT2D eigenvalue weighted by atomic mass is 10.1. The Labute approximate surface area is 143 Å². The molecule has 0 saturated carbocycles. The molecule has 0 radical (unpaired) electrons. The Morgan fingerprint density at radius 1 is 1.16 bits per heavy atom. The summed E-state index contributed by atoms with van der Waals surface area (Å²) in [4.78, 5) is 4.50. The van der Waals surface area contributed by atoms with Gasteiger partial charge >= 0.3 is 0 Å². The van der Waals surface area contributed by atoms with Gasteiger partial charge in [-0.1, -0.05) is 12.1 Å². The normalized spacial score (nSPS) is 11.1. The van der Waals surface area contributed by atoms with Crippen LogP contribution in [0, 0.1) is 5.82 Å². The van der Waals surface area contributed by atoms with Crippen LogP contribution in [-0.4, -0.2) is 24.4 Å². The lowest BCUT2D eigenvalue weighted by molar-refractivity contribution is 0.630. The lowest BCUT2D eigenvalue weighted by Gasteiger charge is -2.10. The second kappa shape index (κ2) is 6.35. The fourth-order valence-corrected chi connectivity index (χ4v) is 2.71.